The minimum atomic E-state index is -0.890. The summed E-state index contributed by atoms with van der Waals surface area (Å²) >= 11 is 2.72. The second-order valence-electron chi connectivity index (χ2n) is 5.26. The van der Waals surface area contributed by atoms with Gasteiger partial charge in [0.05, 0.1) is 17.4 Å². The SMILES string of the molecule is CCCC(CNC(=O)CSCc1cc(=O)n2ccsc2n1)C(=O)O. The van der Waals surface area contributed by atoms with Crippen LogP contribution in [-0.2, 0) is 15.3 Å². The largest absolute Gasteiger partial charge is 0.481 e. The van der Waals surface area contributed by atoms with E-state index in [1.165, 1.54) is 33.6 Å². The lowest BCUT2D eigenvalue weighted by molar-refractivity contribution is -0.141. The monoisotopic (exact) mass is 369 g/mol. The summed E-state index contributed by atoms with van der Waals surface area (Å²) in [6.07, 6.45) is 2.97. The van der Waals surface area contributed by atoms with Crippen LogP contribution in [0.2, 0.25) is 0 Å². The average Bonchev–Trinajstić information content (AvgIpc) is 3.00. The van der Waals surface area contributed by atoms with Crippen molar-refractivity contribution < 1.29 is 14.7 Å². The van der Waals surface area contributed by atoms with Crippen LogP contribution in [0, 0.1) is 5.92 Å². The molecule has 2 N–H and O–H groups in total. The van der Waals surface area contributed by atoms with Crippen LogP contribution < -0.4 is 10.9 Å². The van der Waals surface area contributed by atoms with Crippen LogP contribution in [0.25, 0.3) is 4.96 Å². The lowest BCUT2D eigenvalue weighted by Crippen LogP contribution is -2.33. The van der Waals surface area contributed by atoms with E-state index >= 15 is 0 Å². The molecule has 1 amide bonds. The molecule has 0 saturated heterocycles. The number of thiazole rings is 1. The molecule has 0 aliphatic heterocycles. The third-order valence-corrected chi connectivity index (χ3v) is 5.09. The van der Waals surface area contributed by atoms with Crippen LogP contribution >= 0.6 is 23.1 Å². The van der Waals surface area contributed by atoms with Gasteiger partial charge in [-0.05, 0) is 6.42 Å². The number of nitrogens with zero attached hydrogens (tertiary/aromatic N) is 2. The number of carboxylic acids is 1. The molecular weight excluding hydrogens is 350 g/mol. The lowest BCUT2D eigenvalue weighted by Gasteiger charge is -2.12. The second-order valence-corrected chi connectivity index (χ2v) is 7.12. The van der Waals surface area contributed by atoms with E-state index in [9.17, 15) is 14.4 Å². The Morgan fingerprint density at radius 2 is 2.29 bits per heavy atom. The van der Waals surface area contributed by atoms with Crippen molar-refractivity contribution in [3.63, 3.8) is 0 Å². The zero-order valence-corrected chi connectivity index (χ0v) is 14.9. The topological polar surface area (TPSA) is 101 Å². The van der Waals surface area contributed by atoms with Gasteiger partial charge in [-0.25, -0.2) is 4.98 Å². The number of amides is 1. The van der Waals surface area contributed by atoms with E-state index in [0.717, 1.165) is 6.42 Å². The Hall–Kier alpha value is -1.87. The third-order valence-electron chi connectivity index (χ3n) is 3.37. The molecule has 9 heteroatoms. The molecule has 0 bridgehead atoms. The van der Waals surface area contributed by atoms with E-state index in [1.807, 2.05) is 6.92 Å². The van der Waals surface area contributed by atoms with Crippen molar-refractivity contribution in [2.24, 2.45) is 5.92 Å². The van der Waals surface area contributed by atoms with Crippen LogP contribution in [0.3, 0.4) is 0 Å². The zero-order valence-electron chi connectivity index (χ0n) is 13.2. The number of hydrogen-bond donors (Lipinski definition) is 2. The number of aliphatic carboxylic acids is 1. The maximum atomic E-state index is 11.8. The normalized spacial score (nSPS) is 12.2. The molecule has 2 heterocycles. The summed E-state index contributed by atoms with van der Waals surface area (Å²) in [6.45, 7) is 2.05. The molecule has 0 radical (unpaired) electrons. The fourth-order valence-electron chi connectivity index (χ4n) is 2.16. The van der Waals surface area contributed by atoms with Crippen molar-refractivity contribution in [1.29, 1.82) is 0 Å². The summed E-state index contributed by atoms with van der Waals surface area (Å²) in [5.41, 5.74) is 0.500. The van der Waals surface area contributed by atoms with E-state index < -0.39 is 11.9 Å². The lowest BCUT2D eigenvalue weighted by atomic mass is 10.0. The van der Waals surface area contributed by atoms with Crippen molar-refractivity contribution in [3.05, 3.63) is 33.7 Å². The number of nitrogens with one attached hydrogen (secondary N) is 1. The van der Waals surface area contributed by atoms with Crippen LogP contribution in [0.15, 0.2) is 22.4 Å². The summed E-state index contributed by atoms with van der Waals surface area (Å²) in [7, 11) is 0. The Balaban J connectivity index is 1.79. The summed E-state index contributed by atoms with van der Waals surface area (Å²) in [4.78, 5) is 39.7. The first-order valence-electron chi connectivity index (χ1n) is 7.54. The molecule has 1 unspecified atom stereocenters. The molecule has 2 rings (SSSR count). The molecule has 0 aliphatic carbocycles. The van der Waals surface area contributed by atoms with E-state index in [4.69, 9.17) is 5.11 Å². The first-order valence-corrected chi connectivity index (χ1v) is 9.57. The van der Waals surface area contributed by atoms with Gasteiger partial charge >= 0.3 is 5.97 Å². The fraction of sp³-hybridized carbons (Fsp3) is 0.467. The predicted octanol–water partition coefficient (Wildman–Crippen LogP) is 1.61. The van der Waals surface area contributed by atoms with Gasteiger partial charge in [0.2, 0.25) is 5.91 Å². The number of rotatable bonds is 9. The highest BCUT2D eigenvalue weighted by atomic mass is 32.2. The second kappa shape index (κ2) is 8.84. The summed E-state index contributed by atoms with van der Waals surface area (Å²) in [5.74, 6) is -1.000. The average molecular weight is 369 g/mol. The van der Waals surface area contributed by atoms with E-state index in [-0.39, 0.29) is 23.8 Å². The quantitative estimate of drug-likeness (QED) is 0.696. The van der Waals surface area contributed by atoms with E-state index in [2.05, 4.69) is 10.3 Å². The highest BCUT2D eigenvalue weighted by Crippen LogP contribution is 2.12. The molecule has 2 aromatic heterocycles. The van der Waals surface area contributed by atoms with Gasteiger partial charge in [0, 0.05) is 29.9 Å². The third kappa shape index (κ3) is 5.07. The van der Waals surface area contributed by atoms with Gasteiger partial charge in [-0.3, -0.25) is 18.8 Å². The molecule has 0 saturated carbocycles. The standard InChI is InChI=1S/C15H19N3O4S2/c1-2-3-10(14(21)22)7-16-12(19)9-23-8-11-6-13(20)18-4-5-24-15(18)17-11/h4-6,10H,2-3,7-9H2,1H3,(H,16,19)(H,21,22). The molecule has 0 aromatic carbocycles. The van der Waals surface area contributed by atoms with Crippen LogP contribution in [0.4, 0.5) is 0 Å². The van der Waals surface area contributed by atoms with Crippen molar-refractivity contribution in [2.75, 3.05) is 12.3 Å². The molecular formula is C15H19N3O4S2. The number of carboxylic acid groups (broad SMARTS) is 1. The fourth-order valence-corrected chi connectivity index (χ4v) is 3.64. The minimum Gasteiger partial charge on any atom is -0.481 e. The summed E-state index contributed by atoms with van der Waals surface area (Å²) < 4.78 is 1.48. The zero-order chi connectivity index (χ0) is 17.5. The molecule has 2 aromatic rings. The van der Waals surface area contributed by atoms with Gasteiger partial charge in [-0.2, -0.15) is 0 Å². The molecule has 7 nitrogen and oxygen atoms in total. The Bertz CT molecular complexity index is 771. The minimum absolute atomic E-state index is 0.134. The highest BCUT2D eigenvalue weighted by molar-refractivity contribution is 7.99. The predicted molar refractivity (Wildman–Crippen MR) is 94.5 cm³/mol. The van der Waals surface area contributed by atoms with Gasteiger partial charge in [0.15, 0.2) is 4.96 Å². The summed E-state index contributed by atoms with van der Waals surface area (Å²) in [6, 6.07) is 1.46. The van der Waals surface area contributed by atoms with Crippen molar-refractivity contribution >= 4 is 39.9 Å². The Morgan fingerprint density at radius 1 is 1.50 bits per heavy atom. The smallest absolute Gasteiger partial charge is 0.308 e. The number of fused-ring (bicyclic) bond motifs is 1. The van der Waals surface area contributed by atoms with Crippen LogP contribution in [0.5, 0.6) is 0 Å². The molecule has 0 aliphatic rings. The first kappa shape index (κ1) is 18.5. The molecule has 130 valence electrons. The Labute approximate surface area is 147 Å². The van der Waals surface area contributed by atoms with Crippen molar-refractivity contribution in [3.8, 4) is 0 Å². The Morgan fingerprint density at radius 3 is 3.00 bits per heavy atom. The summed E-state index contributed by atoms with van der Waals surface area (Å²) in [5, 5.41) is 13.5. The van der Waals surface area contributed by atoms with Crippen LogP contribution in [0.1, 0.15) is 25.5 Å². The van der Waals surface area contributed by atoms with Crippen molar-refractivity contribution in [1.82, 2.24) is 14.7 Å². The van der Waals surface area contributed by atoms with Crippen LogP contribution in [-0.4, -0.2) is 38.7 Å². The van der Waals surface area contributed by atoms with E-state index in [0.29, 0.717) is 22.8 Å². The number of hydrogen-bond acceptors (Lipinski definition) is 6. The number of aromatic nitrogens is 2. The van der Waals surface area contributed by atoms with Gasteiger partial charge in [0.1, 0.15) is 0 Å². The number of carbonyl (C=O) groups excluding carboxylic acids is 1. The maximum absolute atomic E-state index is 11.8. The van der Waals surface area contributed by atoms with E-state index in [1.54, 1.807) is 11.6 Å². The molecule has 24 heavy (non-hydrogen) atoms. The number of carbonyl (C=O) groups is 2. The Kier molecular flexibility index (Phi) is 6.80. The molecule has 1 atom stereocenters. The van der Waals surface area contributed by atoms with Gasteiger partial charge in [0.25, 0.3) is 5.56 Å². The van der Waals surface area contributed by atoms with Gasteiger partial charge < -0.3 is 10.4 Å². The van der Waals surface area contributed by atoms with Gasteiger partial charge in [-0.1, -0.05) is 13.3 Å². The first-order chi connectivity index (χ1) is 11.5. The molecule has 0 spiro atoms. The highest BCUT2D eigenvalue weighted by Gasteiger charge is 2.17. The van der Waals surface area contributed by atoms with Crippen molar-refractivity contribution in [2.45, 2.75) is 25.5 Å². The maximum Gasteiger partial charge on any atom is 0.308 e. The number of thioether (sulfide) groups is 1. The molecule has 0 fully saturated rings. The van der Waals surface area contributed by atoms with Gasteiger partial charge in [-0.15, -0.1) is 23.1 Å².